The summed E-state index contributed by atoms with van der Waals surface area (Å²) in [6.45, 7) is 0. The van der Waals surface area contributed by atoms with Crippen molar-refractivity contribution in [1.82, 2.24) is 4.98 Å². The lowest BCUT2D eigenvalue weighted by Crippen LogP contribution is -2.10. The number of primary amides is 1. The molecule has 1 amide bonds. The average Bonchev–Trinajstić information content (AvgIpc) is 2.32. The van der Waals surface area contributed by atoms with Crippen LogP contribution in [0.3, 0.4) is 0 Å². The Labute approximate surface area is 107 Å². The standard InChI is InChI=1S/C12H9BrN2O2/c13-9-3-1-2-4-10(9)17-11-7-8(12(14)16)5-6-15-11/h1-7H,(H2,14,16). The summed E-state index contributed by atoms with van der Waals surface area (Å²) >= 11 is 3.36. The van der Waals surface area contributed by atoms with Gasteiger partial charge in [-0.05, 0) is 34.1 Å². The van der Waals surface area contributed by atoms with Crippen molar-refractivity contribution in [3.05, 3.63) is 52.6 Å². The van der Waals surface area contributed by atoms with Gasteiger partial charge in [-0.1, -0.05) is 12.1 Å². The fraction of sp³-hybridized carbons (Fsp3) is 0. The number of benzene rings is 1. The number of rotatable bonds is 3. The molecule has 0 fully saturated rings. The first-order valence-corrected chi connectivity index (χ1v) is 5.64. The van der Waals surface area contributed by atoms with E-state index < -0.39 is 5.91 Å². The van der Waals surface area contributed by atoms with E-state index in [1.54, 1.807) is 6.07 Å². The molecule has 1 aromatic carbocycles. The fourth-order valence-electron chi connectivity index (χ4n) is 1.26. The summed E-state index contributed by atoms with van der Waals surface area (Å²) in [6.07, 6.45) is 1.48. The maximum Gasteiger partial charge on any atom is 0.248 e. The quantitative estimate of drug-likeness (QED) is 0.946. The highest BCUT2D eigenvalue weighted by Gasteiger charge is 2.05. The van der Waals surface area contributed by atoms with Crippen LogP contribution in [-0.4, -0.2) is 10.9 Å². The van der Waals surface area contributed by atoms with E-state index in [4.69, 9.17) is 10.5 Å². The molecule has 0 saturated carbocycles. The zero-order chi connectivity index (χ0) is 12.3. The molecule has 17 heavy (non-hydrogen) atoms. The highest BCUT2D eigenvalue weighted by molar-refractivity contribution is 9.10. The lowest BCUT2D eigenvalue weighted by molar-refractivity contribution is 0.1000. The largest absolute Gasteiger partial charge is 0.438 e. The number of nitrogens with two attached hydrogens (primary N) is 1. The number of hydrogen-bond donors (Lipinski definition) is 1. The summed E-state index contributed by atoms with van der Waals surface area (Å²) in [6, 6.07) is 10.4. The van der Waals surface area contributed by atoms with Crippen molar-refractivity contribution in [1.29, 1.82) is 0 Å². The van der Waals surface area contributed by atoms with Crippen LogP contribution in [0, 0.1) is 0 Å². The Kier molecular flexibility index (Phi) is 3.39. The Hall–Kier alpha value is -1.88. The highest BCUT2D eigenvalue weighted by atomic mass is 79.9. The number of ether oxygens (including phenoxy) is 1. The molecule has 0 aliphatic rings. The van der Waals surface area contributed by atoms with E-state index in [9.17, 15) is 4.79 Å². The van der Waals surface area contributed by atoms with Crippen molar-refractivity contribution in [2.24, 2.45) is 5.73 Å². The van der Waals surface area contributed by atoms with Crippen LogP contribution in [0.1, 0.15) is 10.4 Å². The molecular formula is C12H9BrN2O2. The summed E-state index contributed by atoms with van der Waals surface area (Å²) in [5.74, 6) is 0.444. The van der Waals surface area contributed by atoms with Gasteiger partial charge < -0.3 is 10.5 Å². The number of carbonyl (C=O) groups is 1. The zero-order valence-corrected chi connectivity index (χ0v) is 10.3. The van der Waals surface area contributed by atoms with Crippen molar-refractivity contribution >= 4 is 21.8 Å². The van der Waals surface area contributed by atoms with Gasteiger partial charge in [0, 0.05) is 17.8 Å². The van der Waals surface area contributed by atoms with Crippen molar-refractivity contribution in [2.75, 3.05) is 0 Å². The minimum absolute atomic E-state index is 0.327. The number of halogens is 1. The molecule has 4 nitrogen and oxygen atoms in total. The van der Waals surface area contributed by atoms with Crippen LogP contribution in [0.4, 0.5) is 0 Å². The first-order valence-electron chi connectivity index (χ1n) is 4.85. The van der Waals surface area contributed by atoms with Crippen LogP contribution in [-0.2, 0) is 0 Å². The highest BCUT2D eigenvalue weighted by Crippen LogP contribution is 2.28. The molecule has 0 aliphatic heterocycles. The minimum Gasteiger partial charge on any atom is -0.438 e. The summed E-state index contributed by atoms with van der Waals surface area (Å²) in [4.78, 5) is 15.0. The number of nitrogens with zero attached hydrogens (tertiary/aromatic N) is 1. The molecular weight excluding hydrogens is 284 g/mol. The van der Waals surface area contributed by atoms with E-state index in [1.807, 2.05) is 18.2 Å². The molecule has 5 heteroatoms. The van der Waals surface area contributed by atoms with Crippen LogP contribution in [0.5, 0.6) is 11.6 Å². The summed E-state index contributed by atoms with van der Waals surface area (Å²) in [5, 5.41) is 0. The maximum atomic E-state index is 11.0. The van der Waals surface area contributed by atoms with Crippen molar-refractivity contribution in [2.45, 2.75) is 0 Å². The fourth-order valence-corrected chi connectivity index (χ4v) is 1.62. The predicted octanol–water partition coefficient (Wildman–Crippen LogP) is 2.74. The van der Waals surface area contributed by atoms with Crippen LogP contribution in [0.15, 0.2) is 47.1 Å². The Morgan fingerprint density at radius 2 is 2.06 bits per heavy atom. The Balaban J connectivity index is 2.28. The molecule has 0 unspecified atom stereocenters. The van der Waals surface area contributed by atoms with Gasteiger partial charge in [-0.3, -0.25) is 4.79 Å². The SMILES string of the molecule is NC(=O)c1ccnc(Oc2ccccc2Br)c1. The first-order chi connectivity index (χ1) is 8.16. The number of carbonyl (C=O) groups excluding carboxylic acids is 1. The third kappa shape index (κ3) is 2.82. The molecule has 0 saturated heterocycles. The van der Waals surface area contributed by atoms with E-state index in [2.05, 4.69) is 20.9 Å². The molecule has 86 valence electrons. The van der Waals surface area contributed by atoms with Gasteiger partial charge in [-0.25, -0.2) is 4.98 Å². The minimum atomic E-state index is -0.510. The molecule has 0 bridgehead atoms. The van der Waals surface area contributed by atoms with Crippen molar-refractivity contribution < 1.29 is 9.53 Å². The van der Waals surface area contributed by atoms with Gasteiger partial charge in [0.1, 0.15) is 5.75 Å². The lowest BCUT2D eigenvalue weighted by atomic mass is 10.2. The first kappa shape index (κ1) is 11.6. The normalized spacial score (nSPS) is 9.94. The van der Waals surface area contributed by atoms with Crippen LogP contribution < -0.4 is 10.5 Å². The second-order valence-electron chi connectivity index (χ2n) is 3.28. The monoisotopic (exact) mass is 292 g/mol. The number of pyridine rings is 1. The Morgan fingerprint density at radius 3 is 2.76 bits per heavy atom. The van der Waals surface area contributed by atoms with E-state index in [0.717, 1.165) is 4.47 Å². The Bertz CT molecular complexity index is 558. The van der Waals surface area contributed by atoms with Gasteiger partial charge >= 0.3 is 0 Å². The van der Waals surface area contributed by atoms with Crippen molar-refractivity contribution in [3.8, 4) is 11.6 Å². The van der Waals surface area contributed by atoms with Gasteiger partial charge in [0.2, 0.25) is 11.8 Å². The molecule has 0 atom stereocenters. The van der Waals surface area contributed by atoms with Crippen LogP contribution >= 0.6 is 15.9 Å². The second kappa shape index (κ2) is 4.97. The smallest absolute Gasteiger partial charge is 0.248 e. The molecule has 2 N–H and O–H groups in total. The zero-order valence-electron chi connectivity index (χ0n) is 8.76. The third-order valence-electron chi connectivity index (χ3n) is 2.07. The lowest BCUT2D eigenvalue weighted by Gasteiger charge is -2.06. The maximum absolute atomic E-state index is 11.0. The van der Waals surface area contributed by atoms with Gasteiger partial charge in [0.25, 0.3) is 0 Å². The topological polar surface area (TPSA) is 65.2 Å². The number of para-hydroxylation sites is 1. The van der Waals surface area contributed by atoms with Gasteiger partial charge in [0.05, 0.1) is 4.47 Å². The Morgan fingerprint density at radius 1 is 1.29 bits per heavy atom. The molecule has 1 aromatic heterocycles. The van der Waals surface area contributed by atoms with Crippen LogP contribution in [0.2, 0.25) is 0 Å². The van der Waals surface area contributed by atoms with Crippen molar-refractivity contribution in [3.63, 3.8) is 0 Å². The summed E-state index contributed by atoms with van der Waals surface area (Å²) < 4.78 is 6.35. The summed E-state index contributed by atoms with van der Waals surface area (Å²) in [7, 11) is 0. The van der Waals surface area contributed by atoms with Gasteiger partial charge in [0.15, 0.2) is 0 Å². The van der Waals surface area contributed by atoms with E-state index >= 15 is 0 Å². The molecule has 0 aliphatic carbocycles. The van der Waals surface area contributed by atoms with Gasteiger partial charge in [-0.2, -0.15) is 0 Å². The molecule has 0 spiro atoms. The second-order valence-corrected chi connectivity index (χ2v) is 4.13. The number of aromatic nitrogens is 1. The van der Waals surface area contributed by atoms with E-state index in [0.29, 0.717) is 17.2 Å². The van der Waals surface area contributed by atoms with Crippen LogP contribution in [0.25, 0.3) is 0 Å². The number of amides is 1. The average molecular weight is 293 g/mol. The molecule has 2 aromatic rings. The molecule has 0 radical (unpaired) electrons. The van der Waals surface area contributed by atoms with Gasteiger partial charge in [-0.15, -0.1) is 0 Å². The number of hydrogen-bond acceptors (Lipinski definition) is 3. The summed E-state index contributed by atoms with van der Waals surface area (Å²) in [5.41, 5.74) is 5.54. The molecule has 1 heterocycles. The third-order valence-corrected chi connectivity index (χ3v) is 2.73. The van der Waals surface area contributed by atoms with E-state index in [-0.39, 0.29) is 0 Å². The predicted molar refractivity (Wildman–Crippen MR) is 67.0 cm³/mol. The van der Waals surface area contributed by atoms with E-state index in [1.165, 1.54) is 18.3 Å². The molecule has 2 rings (SSSR count).